The molecule has 0 saturated carbocycles. The molecule has 1 rings (SSSR count). The quantitative estimate of drug-likeness (QED) is 0.592. The van der Waals surface area contributed by atoms with E-state index in [0.717, 1.165) is 12.8 Å². The fourth-order valence-electron chi connectivity index (χ4n) is 1.40. The molecular formula is C8H14N2. The molecule has 1 N–H and O–H groups in total. The van der Waals surface area contributed by atoms with Crippen LogP contribution in [0.2, 0.25) is 0 Å². The summed E-state index contributed by atoms with van der Waals surface area (Å²) >= 11 is 0. The highest BCUT2D eigenvalue weighted by Gasteiger charge is 2.24. The van der Waals surface area contributed by atoms with Gasteiger partial charge in [0.25, 0.3) is 0 Å². The van der Waals surface area contributed by atoms with Gasteiger partial charge in [-0.15, -0.1) is 0 Å². The normalized spacial score (nSPS) is 32.6. The summed E-state index contributed by atoms with van der Waals surface area (Å²) in [5.74, 6) is 0.665. The molecule has 1 fully saturated rings. The van der Waals surface area contributed by atoms with E-state index in [-0.39, 0.29) is 6.04 Å². The predicted molar refractivity (Wildman–Crippen MR) is 40.4 cm³/mol. The van der Waals surface area contributed by atoms with E-state index in [9.17, 15) is 0 Å². The summed E-state index contributed by atoms with van der Waals surface area (Å²) in [4.78, 5) is 0. The number of rotatable bonds is 1. The molecule has 0 aromatic rings. The van der Waals surface area contributed by atoms with E-state index in [4.69, 9.17) is 5.26 Å². The molecule has 0 spiro atoms. The van der Waals surface area contributed by atoms with Crippen LogP contribution in [0.15, 0.2) is 0 Å². The highest BCUT2D eigenvalue weighted by Crippen LogP contribution is 2.17. The van der Waals surface area contributed by atoms with Gasteiger partial charge in [0.15, 0.2) is 0 Å². The summed E-state index contributed by atoms with van der Waals surface area (Å²) in [5.41, 5.74) is 0. The van der Waals surface area contributed by atoms with Gasteiger partial charge in [-0.05, 0) is 18.8 Å². The number of nitrogens with zero attached hydrogens (tertiary/aromatic N) is 1. The maximum Gasteiger partial charge on any atom is 0.0955 e. The largest absolute Gasteiger partial charge is 0.299 e. The van der Waals surface area contributed by atoms with Gasteiger partial charge in [0.1, 0.15) is 0 Å². The van der Waals surface area contributed by atoms with E-state index >= 15 is 0 Å². The van der Waals surface area contributed by atoms with Crippen molar-refractivity contribution in [3.63, 3.8) is 0 Å². The number of nitrogens with one attached hydrogen (secondary N) is 1. The van der Waals surface area contributed by atoms with Crippen LogP contribution < -0.4 is 5.32 Å². The zero-order valence-electron chi connectivity index (χ0n) is 6.59. The standard InChI is InChI=1S/C8H14N2/c1-6(2)8-4-3-7(5-9)10-8/h6-8,10H,3-4H2,1-2H3. The first kappa shape index (κ1) is 7.56. The third-order valence-corrected chi connectivity index (χ3v) is 2.14. The molecule has 1 aliphatic rings. The smallest absolute Gasteiger partial charge is 0.0955 e. The number of hydrogen-bond donors (Lipinski definition) is 1. The Morgan fingerprint density at radius 3 is 2.50 bits per heavy atom. The van der Waals surface area contributed by atoms with E-state index in [1.807, 2.05) is 0 Å². The highest BCUT2D eigenvalue weighted by molar-refractivity contribution is 4.97. The molecule has 2 unspecified atom stereocenters. The maximum atomic E-state index is 8.55. The Bertz CT molecular complexity index is 146. The minimum absolute atomic E-state index is 0.118. The lowest BCUT2D eigenvalue weighted by molar-refractivity contribution is 0.443. The van der Waals surface area contributed by atoms with Crippen LogP contribution in [0.5, 0.6) is 0 Å². The van der Waals surface area contributed by atoms with Gasteiger partial charge in [0, 0.05) is 6.04 Å². The Balaban J connectivity index is 2.37. The first-order valence-electron chi connectivity index (χ1n) is 3.89. The summed E-state index contributed by atoms with van der Waals surface area (Å²) < 4.78 is 0. The fourth-order valence-corrected chi connectivity index (χ4v) is 1.40. The number of hydrogen-bond acceptors (Lipinski definition) is 2. The van der Waals surface area contributed by atoms with Crippen LogP contribution in [0.25, 0.3) is 0 Å². The van der Waals surface area contributed by atoms with Crippen molar-refractivity contribution in [1.82, 2.24) is 5.32 Å². The van der Waals surface area contributed by atoms with Gasteiger partial charge in [0.2, 0.25) is 0 Å². The van der Waals surface area contributed by atoms with Crippen molar-refractivity contribution in [2.75, 3.05) is 0 Å². The topological polar surface area (TPSA) is 35.8 Å². The van der Waals surface area contributed by atoms with Crippen molar-refractivity contribution >= 4 is 0 Å². The highest BCUT2D eigenvalue weighted by atomic mass is 15.0. The van der Waals surface area contributed by atoms with Crippen molar-refractivity contribution in [1.29, 1.82) is 5.26 Å². The van der Waals surface area contributed by atoms with Gasteiger partial charge in [-0.25, -0.2) is 0 Å². The minimum Gasteiger partial charge on any atom is -0.299 e. The van der Waals surface area contributed by atoms with E-state index < -0.39 is 0 Å². The lowest BCUT2D eigenvalue weighted by Gasteiger charge is -2.13. The molecule has 56 valence electrons. The first-order valence-corrected chi connectivity index (χ1v) is 3.89. The Labute approximate surface area is 62.2 Å². The average molecular weight is 138 g/mol. The Kier molecular flexibility index (Phi) is 2.29. The Morgan fingerprint density at radius 1 is 1.50 bits per heavy atom. The van der Waals surface area contributed by atoms with Crippen LogP contribution in [-0.2, 0) is 0 Å². The lowest BCUT2D eigenvalue weighted by Crippen LogP contribution is -2.31. The van der Waals surface area contributed by atoms with E-state index in [1.165, 1.54) is 0 Å². The molecular weight excluding hydrogens is 124 g/mol. The molecule has 2 heteroatoms. The molecule has 1 saturated heterocycles. The molecule has 0 aromatic heterocycles. The third-order valence-electron chi connectivity index (χ3n) is 2.14. The second-order valence-corrected chi connectivity index (χ2v) is 3.28. The zero-order valence-corrected chi connectivity index (χ0v) is 6.59. The second kappa shape index (κ2) is 3.03. The zero-order chi connectivity index (χ0) is 7.56. The van der Waals surface area contributed by atoms with Crippen molar-refractivity contribution in [3.8, 4) is 6.07 Å². The SMILES string of the molecule is CC(C)C1CCC(C#N)N1. The van der Waals surface area contributed by atoms with Gasteiger partial charge < -0.3 is 0 Å². The van der Waals surface area contributed by atoms with Crippen LogP contribution in [0, 0.1) is 17.2 Å². The van der Waals surface area contributed by atoms with Crippen LogP contribution >= 0.6 is 0 Å². The van der Waals surface area contributed by atoms with Gasteiger partial charge >= 0.3 is 0 Å². The van der Waals surface area contributed by atoms with Gasteiger partial charge in [0.05, 0.1) is 12.1 Å². The summed E-state index contributed by atoms with van der Waals surface area (Å²) in [6.07, 6.45) is 2.19. The van der Waals surface area contributed by atoms with Crippen LogP contribution in [-0.4, -0.2) is 12.1 Å². The monoisotopic (exact) mass is 138 g/mol. The summed E-state index contributed by atoms with van der Waals surface area (Å²) in [7, 11) is 0. The number of nitriles is 1. The van der Waals surface area contributed by atoms with Gasteiger partial charge in [-0.1, -0.05) is 13.8 Å². The van der Waals surface area contributed by atoms with E-state index in [2.05, 4.69) is 25.2 Å². The fraction of sp³-hybridized carbons (Fsp3) is 0.875. The molecule has 0 bridgehead atoms. The van der Waals surface area contributed by atoms with Gasteiger partial charge in [-0.2, -0.15) is 5.26 Å². The Hall–Kier alpha value is -0.550. The van der Waals surface area contributed by atoms with Crippen molar-refractivity contribution in [2.24, 2.45) is 5.92 Å². The lowest BCUT2D eigenvalue weighted by atomic mass is 10.0. The van der Waals surface area contributed by atoms with Crippen LogP contribution in [0.1, 0.15) is 26.7 Å². The average Bonchev–Trinajstić information content (AvgIpc) is 2.34. The van der Waals surface area contributed by atoms with Crippen molar-refractivity contribution < 1.29 is 0 Å². The molecule has 0 aliphatic carbocycles. The van der Waals surface area contributed by atoms with Crippen molar-refractivity contribution in [3.05, 3.63) is 0 Å². The summed E-state index contributed by atoms with van der Waals surface area (Å²) in [5, 5.41) is 11.8. The molecule has 2 nitrogen and oxygen atoms in total. The molecule has 10 heavy (non-hydrogen) atoms. The third kappa shape index (κ3) is 1.48. The molecule has 1 heterocycles. The second-order valence-electron chi connectivity index (χ2n) is 3.28. The van der Waals surface area contributed by atoms with Gasteiger partial charge in [-0.3, -0.25) is 5.32 Å². The molecule has 0 aromatic carbocycles. The predicted octanol–water partition coefficient (Wildman–Crippen LogP) is 1.29. The first-order chi connectivity index (χ1) is 4.74. The summed E-state index contributed by atoms with van der Waals surface area (Å²) in [6, 6.07) is 2.93. The summed E-state index contributed by atoms with van der Waals surface area (Å²) in [6.45, 7) is 4.38. The molecule has 1 aliphatic heterocycles. The Morgan fingerprint density at radius 2 is 2.20 bits per heavy atom. The van der Waals surface area contributed by atoms with Crippen molar-refractivity contribution in [2.45, 2.75) is 38.8 Å². The van der Waals surface area contributed by atoms with Crippen LogP contribution in [0.3, 0.4) is 0 Å². The van der Waals surface area contributed by atoms with E-state index in [0.29, 0.717) is 12.0 Å². The molecule has 2 atom stereocenters. The molecule has 0 amide bonds. The molecule has 0 radical (unpaired) electrons. The van der Waals surface area contributed by atoms with Crippen LogP contribution in [0.4, 0.5) is 0 Å². The van der Waals surface area contributed by atoms with E-state index in [1.54, 1.807) is 0 Å². The maximum absolute atomic E-state index is 8.55. The minimum atomic E-state index is 0.118.